The predicted molar refractivity (Wildman–Crippen MR) is 58.9 cm³/mol. The van der Waals surface area contributed by atoms with Gasteiger partial charge < -0.3 is 20.3 Å². The van der Waals surface area contributed by atoms with Crippen molar-refractivity contribution < 1.29 is 19.4 Å². The Balaban J connectivity index is 3.04. The number of aliphatic carboxylic acids is 1. The molecule has 16 heavy (non-hydrogen) atoms. The molecule has 88 valence electrons. The molecule has 1 rings (SSSR count). The van der Waals surface area contributed by atoms with Gasteiger partial charge in [0.15, 0.2) is 0 Å². The molecule has 0 bridgehead atoms. The van der Waals surface area contributed by atoms with Crippen molar-refractivity contribution in [3.05, 3.63) is 23.8 Å². The van der Waals surface area contributed by atoms with Crippen LogP contribution in [0.25, 0.3) is 0 Å². The lowest BCUT2D eigenvalue weighted by atomic mass is 10.0. The summed E-state index contributed by atoms with van der Waals surface area (Å²) in [5, 5.41) is 8.76. The average molecular weight is 225 g/mol. The molecule has 0 aromatic heterocycles. The van der Waals surface area contributed by atoms with Crippen molar-refractivity contribution in [1.82, 2.24) is 0 Å². The molecular weight excluding hydrogens is 210 g/mol. The molecule has 0 amide bonds. The molecule has 5 nitrogen and oxygen atoms in total. The van der Waals surface area contributed by atoms with Gasteiger partial charge in [0.05, 0.1) is 14.2 Å². The molecule has 1 atom stereocenters. The molecule has 0 aliphatic carbocycles. The number of nitrogens with two attached hydrogens (primary N) is 1. The van der Waals surface area contributed by atoms with Crippen molar-refractivity contribution in [1.29, 1.82) is 0 Å². The number of ether oxygens (including phenoxy) is 2. The van der Waals surface area contributed by atoms with E-state index < -0.39 is 12.0 Å². The summed E-state index contributed by atoms with van der Waals surface area (Å²) in [6, 6.07) is 4.29. The summed E-state index contributed by atoms with van der Waals surface area (Å²) in [5.41, 5.74) is 6.15. The Morgan fingerprint density at radius 1 is 1.38 bits per heavy atom. The highest BCUT2D eigenvalue weighted by atomic mass is 16.5. The van der Waals surface area contributed by atoms with Crippen LogP contribution in [-0.2, 0) is 11.2 Å². The number of carboxylic acid groups (broad SMARTS) is 1. The van der Waals surface area contributed by atoms with Crippen LogP contribution in [-0.4, -0.2) is 31.3 Å². The second kappa shape index (κ2) is 5.37. The fraction of sp³-hybridized carbons (Fsp3) is 0.364. The van der Waals surface area contributed by atoms with E-state index in [1.807, 2.05) is 0 Å². The van der Waals surface area contributed by atoms with Crippen LogP contribution in [0.3, 0.4) is 0 Å². The third-order valence-corrected chi connectivity index (χ3v) is 2.27. The maximum Gasteiger partial charge on any atom is 0.320 e. The van der Waals surface area contributed by atoms with E-state index in [0.717, 1.165) is 0 Å². The fourth-order valence-electron chi connectivity index (χ4n) is 1.44. The average Bonchev–Trinajstić information content (AvgIpc) is 2.29. The zero-order chi connectivity index (χ0) is 12.1. The Morgan fingerprint density at radius 2 is 1.88 bits per heavy atom. The smallest absolute Gasteiger partial charge is 0.320 e. The third kappa shape index (κ3) is 2.64. The van der Waals surface area contributed by atoms with Crippen LogP contribution in [0.15, 0.2) is 18.2 Å². The Bertz CT molecular complexity index is 356. The first-order chi connectivity index (χ1) is 7.60. The maximum absolute atomic E-state index is 10.7. The second-order valence-electron chi connectivity index (χ2n) is 3.29. The SMILES string of the molecule is COc1cccc(OC)c1CC(N)C(=O)O. The predicted octanol–water partition coefficient (Wildman–Crippen LogP) is 0.658. The molecule has 5 heteroatoms. The zero-order valence-corrected chi connectivity index (χ0v) is 9.27. The first-order valence-electron chi connectivity index (χ1n) is 4.78. The number of carbonyl (C=O) groups is 1. The molecule has 0 aliphatic heterocycles. The topological polar surface area (TPSA) is 81.8 Å². The van der Waals surface area contributed by atoms with Gasteiger partial charge in [0, 0.05) is 12.0 Å². The van der Waals surface area contributed by atoms with E-state index in [0.29, 0.717) is 17.1 Å². The Labute approximate surface area is 93.8 Å². The maximum atomic E-state index is 10.7. The summed E-state index contributed by atoms with van der Waals surface area (Å²) in [7, 11) is 3.04. The van der Waals surface area contributed by atoms with E-state index >= 15 is 0 Å². The Hall–Kier alpha value is -1.75. The number of hydrogen-bond donors (Lipinski definition) is 2. The van der Waals surface area contributed by atoms with Crippen molar-refractivity contribution in [2.45, 2.75) is 12.5 Å². The van der Waals surface area contributed by atoms with Gasteiger partial charge in [0.25, 0.3) is 0 Å². The van der Waals surface area contributed by atoms with E-state index in [2.05, 4.69) is 0 Å². The minimum absolute atomic E-state index is 0.169. The summed E-state index contributed by atoms with van der Waals surface area (Å²) in [6.45, 7) is 0. The van der Waals surface area contributed by atoms with Crippen molar-refractivity contribution in [2.24, 2.45) is 5.73 Å². The van der Waals surface area contributed by atoms with Gasteiger partial charge in [-0.2, -0.15) is 0 Å². The molecular formula is C11H15NO4. The lowest BCUT2D eigenvalue weighted by Crippen LogP contribution is -2.32. The van der Waals surface area contributed by atoms with Crippen LogP contribution in [0.1, 0.15) is 5.56 Å². The number of methoxy groups -OCH3 is 2. The van der Waals surface area contributed by atoms with E-state index in [9.17, 15) is 4.79 Å². The first kappa shape index (κ1) is 12.3. The van der Waals surface area contributed by atoms with Crippen molar-refractivity contribution in [3.63, 3.8) is 0 Å². The molecule has 0 radical (unpaired) electrons. The van der Waals surface area contributed by atoms with Gasteiger partial charge in [0.2, 0.25) is 0 Å². The van der Waals surface area contributed by atoms with E-state index in [4.69, 9.17) is 20.3 Å². The third-order valence-electron chi connectivity index (χ3n) is 2.27. The highest BCUT2D eigenvalue weighted by molar-refractivity contribution is 5.74. The molecule has 1 unspecified atom stereocenters. The highest BCUT2D eigenvalue weighted by Gasteiger charge is 2.18. The van der Waals surface area contributed by atoms with Crippen molar-refractivity contribution in [2.75, 3.05) is 14.2 Å². The molecule has 0 saturated carbocycles. The molecule has 0 saturated heterocycles. The van der Waals surface area contributed by atoms with Gasteiger partial charge in [-0.3, -0.25) is 4.79 Å². The standard InChI is InChI=1S/C11H15NO4/c1-15-9-4-3-5-10(16-2)7(9)6-8(12)11(13)14/h3-5,8H,6,12H2,1-2H3,(H,13,14). The molecule has 0 aliphatic rings. The van der Waals surface area contributed by atoms with Crippen LogP contribution in [0, 0.1) is 0 Å². The summed E-state index contributed by atoms with van der Waals surface area (Å²) < 4.78 is 10.3. The molecule has 1 aromatic rings. The minimum atomic E-state index is -1.05. The summed E-state index contributed by atoms with van der Waals surface area (Å²) in [4.78, 5) is 10.7. The Kier molecular flexibility index (Phi) is 4.13. The summed E-state index contributed by atoms with van der Waals surface area (Å²) in [5.74, 6) is 0.111. The number of carboxylic acids is 1. The van der Waals surface area contributed by atoms with Crippen molar-refractivity contribution >= 4 is 5.97 Å². The van der Waals surface area contributed by atoms with Crippen molar-refractivity contribution in [3.8, 4) is 11.5 Å². The van der Waals surface area contributed by atoms with E-state index in [1.165, 1.54) is 14.2 Å². The summed E-state index contributed by atoms with van der Waals surface area (Å²) >= 11 is 0. The van der Waals surface area contributed by atoms with Crippen LogP contribution in [0.2, 0.25) is 0 Å². The summed E-state index contributed by atoms with van der Waals surface area (Å²) in [6.07, 6.45) is 0.169. The second-order valence-corrected chi connectivity index (χ2v) is 3.29. The zero-order valence-electron chi connectivity index (χ0n) is 9.27. The van der Waals surface area contributed by atoms with Gasteiger partial charge in [-0.1, -0.05) is 6.07 Å². The number of hydrogen-bond acceptors (Lipinski definition) is 4. The molecule has 1 aromatic carbocycles. The Morgan fingerprint density at radius 3 is 2.25 bits per heavy atom. The van der Waals surface area contributed by atoms with Gasteiger partial charge in [0.1, 0.15) is 17.5 Å². The van der Waals surface area contributed by atoms with Gasteiger partial charge in [-0.25, -0.2) is 0 Å². The molecule has 0 spiro atoms. The molecule has 3 N–H and O–H groups in total. The van der Waals surface area contributed by atoms with Gasteiger partial charge in [-0.05, 0) is 12.1 Å². The van der Waals surface area contributed by atoms with Crippen LogP contribution < -0.4 is 15.2 Å². The lowest BCUT2D eigenvalue weighted by Gasteiger charge is -2.14. The van der Waals surface area contributed by atoms with E-state index in [1.54, 1.807) is 18.2 Å². The number of benzene rings is 1. The van der Waals surface area contributed by atoms with Crippen LogP contribution in [0.5, 0.6) is 11.5 Å². The van der Waals surface area contributed by atoms with E-state index in [-0.39, 0.29) is 6.42 Å². The normalized spacial score (nSPS) is 11.9. The minimum Gasteiger partial charge on any atom is -0.496 e. The van der Waals surface area contributed by atoms with Gasteiger partial charge >= 0.3 is 5.97 Å². The monoisotopic (exact) mass is 225 g/mol. The fourth-order valence-corrected chi connectivity index (χ4v) is 1.44. The first-order valence-corrected chi connectivity index (χ1v) is 4.78. The molecule has 0 fully saturated rings. The van der Waals surface area contributed by atoms with Gasteiger partial charge in [-0.15, -0.1) is 0 Å². The number of rotatable bonds is 5. The van der Waals surface area contributed by atoms with Crippen LogP contribution in [0.4, 0.5) is 0 Å². The van der Waals surface area contributed by atoms with Crippen LogP contribution >= 0.6 is 0 Å². The largest absolute Gasteiger partial charge is 0.496 e. The lowest BCUT2D eigenvalue weighted by molar-refractivity contribution is -0.138. The molecule has 0 heterocycles. The highest BCUT2D eigenvalue weighted by Crippen LogP contribution is 2.29. The quantitative estimate of drug-likeness (QED) is 0.769.